The minimum absolute atomic E-state index is 1.16. The third-order valence-electron chi connectivity index (χ3n) is 2.39. The smallest absolute Gasteiger partial charge is 0.0227 e. The lowest BCUT2D eigenvalue weighted by atomic mass is 10.1. The molecular formula is C16H20. The number of unbranched alkanes of at least 4 members (excludes halogenated alkanes) is 1. The maximum Gasteiger partial charge on any atom is -0.0227 e. The maximum atomic E-state index is 2.20. The minimum atomic E-state index is 1.16. The fourth-order valence-corrected chi connectivity index (χ4v) is 1.40. The van der Waals surface area contributed by atoms with E-state index in [1.165, 1.54) is 17.6 Å². The van der Waals surface area contributed by atoms with E-state index < -0.39 is 0 Å². The monoisotopic (exact) mass is 212 g/mol. The number of hydrogen-bond donors (Lipinski definition) is 0. The van der Waals surface area contributed by atoms with Crippen molar-refractivity contribution >= 4 is 5.57 Å². The SMILES string of the molecule is CCC/C=C/C=C\C=C(/C)c1ccccc1. The highest BCUT2D eigenvalue weighted by Crippen LogP contribution is 2.12. The molecule has 0 saturated heterocycles. The van der Waals surface area contributed by atoms with Gasteiger partial charge in [-0.25, -0.2) is 0 Å². The standard InChI is InChI=1S/C16H20/c1-3-4-5-6-7-9-12-15(2)16-13-10-8-11-14-16/h5-14H,3-4H2,1-2H3/b6-5+,9-7-,15-12+. The molecule has 1 aromatic carbocycles. The van der Waals surface area contributed by atoms with Crippen LogP contribution in [-0.4, -0.2) is 0 Å². The van der Waals surface area contributed by atoms with Crippen molar-refractivity contribution in [3.8, 4) is 0 Å². The molecule has 0 saturated carbocycles. The van der Waals surface area contributed by atoms with Crippen LogP contribution < -0.4 is 0 Å². The highest BCUT2D eigenvalue weighted by Gasteiger charge is 1.90. The molecule has 0 atom stereocenters. The molecule has 0 aromatic heterocycles. The summed E-state index contributed by atoms with van der Waals surface area (Å²) in [6.07, 6.45) is 13.0. The molecule has 0 amide bonds. The van der Waals surface area contributed by atoms with Gasteiger partial charge in [-0.05, 0) is 24.5 Å². The Morgan fingerprint density at radius 1 is 1.06 bits per heavy atom. The molecule has 0 heterocycles. The van der Waals surface area contributed by atoms with Crippen LogP contribution in [0, 0.1) is 0 Å². The summed E-state index contributed by atoms with van der Waals surface area (Å²) in [6.45, 7) is 4.32. The topological polar surface area (TPSA) is 0 Å². The van der Waals surface area contributed by atoms with Crippen molar-refractivity contribution in [3.63, 3.8) is 0 Å². The van der Waals surface area contributed by atoms with Crippen molar-refractivity contribution in [3.05, 3.63) is 66.3 Å². The quantitative estimate of drug-likeness (QED) is 0.602. The molecule has 0 spiro atoms. The largest absolute Gasteiger partial charge is 0.0845 e. The minimum Gasteiger partial charge on any atom is -0.0845 e. The lowest BCUT2D eigenvalue weighted by Crippen LogP contribution is -1.75. The molecule has 0 nitrogen and oxygen atoms in total. The van der Waals surface area contributed by atoms with Crippen LogP contribution in [-0.2, 0) is 0 Å². The van der Waals surface area contributed by atoms with Crippen LogP contribution in [0.2, 0.25) is 0 Å². The lowest BCUT2D eigenvalue weighted by molar-refractivity contribution is 0.959. The maximum absolute atomic E-state index is 2.20. The molecule has 84 valence electrons. The zero-order valence-corrected chi connectivity index (χ0v) is 10.2. The van der Waals surface area contributed by atoms with Gasteiger partial charge in [0.1, 0.15) is 0 Å². The van der Waals surface area contributed by atoms with Gasteiger partial charge in [-0.2, -0.15) is 0 Å². The first-order valence-electron chi connectivity index (χ1n) is 5.90. The molecule has 0 fully saturated rings. The van der Waals surface area contributed by atoms with Crippen molar-refractivity contribution < 1.29 is 0 Å². The summed E-state index contributed by atoms with van der Waals surface area (Å²) in [5, 5.41) is 0. The van der Waals surface area contributed by atoms with Crippen molar-refractivity contribution in [1.82, 2.24) is 0 Å². The molecule has 0 N–H and O–H groups in total. The van der Waals surface area contributed by atoms with E-state index in [1.54, 1.807) is 0 Å². The van der Waals surface area contributed by atoms with Gasteiger partial charge in [0.25, 0.3) is 0 Å². The lowest BCUT2D eigenvalue weighted by Gasteiger charge is -1.98. The predicted octanol–water partition coefficient (Wildman–Crippen LogP) is 5.00. The van der Waals surface area contributed by atoms with E-state index in [0.29, 0.717) is 0 Å². The van der Waals surface area contributed by atoms with Crippen molar-refractivity contribution in [1.29, 1.82) is 0 Å². The van der Waals surface area contributed by atoms with Gasteiger partial charge < -0.3 is 0 Å². The summed E-state index contributed by atoms with van der Waals surface area (Å²) in [6, 6.07) is 10.4. The van der Waals surface area contributed by atoms with Crippen LogP contribution in [0.3, 0.4) is 0 Å². The van der Waals surface area contributed by atoms with Gasteiger partial charge in [0.2, 0.25) is 0 Å². The van der Waals surface area contributed by atoms with E-state index in [1.807, 2.05) is 6.07 Å². The number of benzene rings is 1. The Morgan fingerprint density at radius 3 is 2.50 bits per heavy atom. The Balaban J connectivity index is 2.52. The van der Waals surface area contributed by atoms with E-state index in [2.05, 4.69) is 68.5 Å². The first-order chi connectivity index (χ1) is 7.84. The first kappa shape index (κ1) is 12.5. The van der Waals surface area contributed by atoms with E-state index in [-0.39, 0.29) is 0 Å². The Morgan fingerprint density at radius 2 is 1.81 bits per heavy atom. The molecule has 0 aliphatic carbocycles. The molecule has 1 rings (SSSR count). The fraction of sp³-hybridized carbons (Fsp3) is 0.250. The number of rotatable bonds is 5. The second-order valence-electron chi connectivity index (χ2n) is 3.82. The van der Waals surface area contributed by atoms with Crippen molar-refractivity contribution in [2.24, 2.45) is 0 Å². The Hall–Kier alpha value is -1.56. The highest BCUT2D eigenvalue weighted by molar-refractivity contribution is 5.64. The van der Waals surface area contributed by atoms with Gasteiger partial charge in [-0.15, -0.1) is 0 Å². The number of hydrogen-bond acceptors (Lipinski definition) is 0. The van der Waals surface area contributed by atoms with Crippen molar-refractivity contribution in [2.45, 2.75) is 26.7 Å². The Kier molecular flexibility index (Phi) is 6.02. The van der Waals surface area contributed by atoms with Gasteiger partial charge in [0.05, 0.1) is 0 Å². The van der Waals surface area contributed by atoms with Crippen LogP contribution in [0.4, 0.5) is 0 Å². The zero-order valence-electron chi connectivity index (χ0n) is 10.2. The van der Waals surface area contributed by atoms with Gasteiger partial charge in [-0.3, -0.25) is 0 Å². The van der Waals surface area contributed by atoms with Crippen LogP contribution in [0.5, 0.6) is 0 Å². The van der Waals surface area contributed by atoms with Crippen molar-refractivity contribution in [2.75, 3.05) is 0 Å². The first-order valence-corrected chi connectivity index (χ1v) is 5.90. The van der Waals surface area contributed by atoms with E-state index in [4.69, 9.17) is 0 Å². The molecule has 1 aromatic rings. The normalized spacial score (nSPS) is 12.8. The van der Waals surface area contributed by atoms with Gasteiger partial charge >= 0.3 is 0 Å². The van der Waals surface area contributed by atoms with Crippen LogP contribution in [0.15, 0.2) is 60.7 Å². The van der Waals surface area contributed by atoms with Gasteiger partial charge in [0.15, 0.2) is 0 Å². The Bertz CT molecular complexity index is 366. The second kappa shape index (κ2) is 7.70. The Labute approximate surface area is 99.0 Å². The van der Waals surface area contributed by atoms with Gasteiger partial charge in [-0.1, -0.05) is 74.1 Å². The average Bonchev–Trinajstić information content (AvgIpc) is 2.34. The third-order valence-corrected chi connectivity index (χ3v) is 2.39. The summed E-state index contributed by atoms with van der Waals surface area (Å²) < 4.78 is 0. The second-order valence-corrected chi connectivity index (χ2v) is 3.82. The average molecular weight is 212 g/mol. The summed E-state index contributed by atoms with van der Waals surface area (Å²) >= 11 is 0. The zero-order chi connectivity index (χ0) is 11.6. The van der Waals surface area contributed by atoms with E-state index in [9.17, 15) is 0 Å². The fourth-order valence-electron chi connectivity index (χ4n) is 1.40. The van der Waals surface area contributed by atoms with E-state index >= 15 is 0 Å². The summed E-state index contributed by atoms with van der Waals surface area (Å²) in [4.78, 5) is 0. The molecule has 0 aliphatic heterocycles. The summed E-state index contributed by atoms with van der Waals surface area (Å²) in [7, 11) is 0. The molecule has 16 heavy (non-hydrogen) atoms. The summed E-state index contributed by atoms with van der Waals surface area (Å²) in [5.74, 6) is 0. The van der Waals surface area contributed by atoms with Crippen LogP contribution in [0.1, 0.15) is 32.3 Å². The highest BCUT2D eigenvalue weighted by atomic mass is 14.0. The van der Waals surface area contributed by atoms with E-state index in [0.717, 1.165) is 6.42 Å². The molecule has 0 radical (unpaired) electrons. The molecular weight excluding hydrogens is 192 g/mol. The summed E-state index contributed by atoms with van der Waals surface area (Å²) in [5.41, 5.74) is 2.57. The molecule has 0 aliphatic rings. The molecule has 0 heteroatoms. The molecule has 0 bridgehead atoms. The third kappa shape index (κ3) is 4.79. The van der Waals surface area contributed by atoms with Crippen LogP contribution in [0.25, 0.3) is 5.57 Å². The van der Waals surface area contributed by atoms with Gasteiger partial charge in [0, 0.05) is 0 Å². The number of allylic oxidation sites excluding steroid dienone is 6. The van der Waals surface area contributed by atoms with Crippen LogP contribution >= 0.6 is 0 Å². The predicted molar refractivity (Wildman–Crippen MR) is 73.3 cm³/mol. The molecule has 0 unspecified atom stereocenters.